The topological polar surface area (TPSA) is 90.7 Å². The van der Waals surface area contributed by atoms with Crippen LogP contribution in [0.5, 0.6) is 0 Å². The summed E-state index contributed by atoms with van der Waals surface area (Å²) in [5.41, 5.74) is 0.864. The van der Waals surface area contributed by atoms with Gasteiger partial charge >= 0.3 is 5.97 Å². The summed E-state index contributed by atoms with van der Waals surface area (Å²) in [5.74, 6) is -0.417. The lowest BCUT2D eigenvalue weighted by molar-refractivity contribution is -0.384. The number of non-ortho nitro benzene ring substituents is 1. The van der Waals surface area contributed by atoms with Crippen LogP contribution in [0, 0.1) is 10.1 Å². The van der Waals surface area contributed by atoms with E-state index in [4.69, 9.17) is 4.74 Å². The van der Waals surface area contributed by atoms with E-state index < -0.39 is 10.9 Å². The van der Waals surface area contributed by atoms with Crippen molar-refractivity contribution in [2.45, 2.75) is 6.54 Å². The molecule has 0 aromatic heterocycles. The van der Waals surface area contributed by atoms with Crippen LogP contribution in [-0.4, -0.2) is 37.8 Å². The van der Waals surface area contributed by atoms with Crippen LogP contribution in [0.3, 0.4) is 0 Å². The van der Waals surface area contributed by atoms with Gasteiger partial charge in [0.2, 0.25) is 0 Å². The van der Waals surface area contributed by atoms with Gasteiger partial charge in [0, 0.05) is 32.3 Å². The maximum Gasteiger partial charge on any atom is 0.332 e. The zero-order valence-electron chi connectivity index (χ0n) is 10.6. The van der Waals surface area contributed by atoms with E-state index in [1.807, 2.05) is 0 Å². The Hall–Kier alpha value is -1.99. The number of ether oxygens (including phenoxy) is 2. The molecule has 1 aromatic rings. The summed E-state index contributed by atoms with van der Waals surface area (Å²) in [6.07, 6.45) is 0. The van der Waals surface area contributed by atoms with E-state index in [9.17, 15) is 14.9 Å². The number of carbonyl (C=O) groups is 1. The first-order valence-electron chi connectivity index (χ1n) is 5.72. The molecule has 0 aliphatic carbocycles. The van der Waals surface area contributed by atoms with Gasteiger partial charge in [0.15, 0.2) is 0 Å². The second-order valence-corrected chi connectivity index (χ2v) is 3.76. The molecule has 1 aromatic carbocycles. The van der Waals surface area contributed by atoms with E-state index in [0.29, 0.717) is 13.1 Å². The monoisotopic (exact) mass is 268 g/mol. The van der Waals surface area contributed by atoms with Crippen LogP contribution >= 0.6 is 0 Å². The van der Waals surface area contributed by atoms with Gasteiger partial charge < -0.3 is 14.8 Å². The fraction of sp³-hybridized carbons (Fsp3) is 0.417. The summed E-state index contributed by atoms with van der Waals surface area (Å²) in [5, 5.41) is 13.6. The molecular weight excluding hydrogens is 252 g/mol. The van der Waals surface area contributed by atoms with Crippen molar-refractivity contribution < 1.29 is 19.2 Å². The third kappa shape index (κ3) is 5.94. The number of benzene rings is 1. The fourth-order valence-electron chi connectivity index (χ4n) is 1.41. The molecule has 0 saturated heterocycles. The zero-order chi connectivity index (χ0) is 14.1. The standard InChI is InChI=1S/C12H16N2O5/c1-18-9-12(15)19-6-5-13-8-10-3-2-4-11(7-10)14(16)17/h2-4,7,13H,5-6,8-9H2,1H3. The van der Waals surface area contributed by atoms with Gasteiger partial charge in [-0.25, -0.2) is 4.79 Å². The summed E-state index contributed by atoms with van der Waals surface area (Å²) >= 11 is 0. The number of esters is 1. The van der Waals surface area contributed by atoms with Gasteiger partial charge in [-0.1, -0.05) is 12.1 Å². The van der Waals surface area contributed by atoms with Gasteiger partial charge in [0.25, 0.3) is 5.69 Å². The Morgan fingerprint density at radius 3 is 2.95 bits per heavy atom. The fourth-order valence-corrected chi connectivity index (χ4v) is 1.41. The Morgan fingerprint density at radius 1 is 1.47 bits per heavy atom. The normalized spacial score (nSPS) is 10.2. The molecule has 0 radical (unpaired) electrons. The smallest absolute Gasteiger partial charge is 0.332 e. The van der Waals surface area contributed by atoms with Crippen LogP contribution in [0.15, 0.2) is 24.3 Å². The number of carbonyl (C=O) groups excluding carboxylic acids is 1. The van der Waals surface area contributed by atoms with Crippen molar-refractivity contribution in [1.29, 1.82) is 0 Å². The Morgan fingerprint density at radius 2 is 2.26 bits per heavy atom. The minimum absolute atomic E-state index is 0.0609. The predicted octanol–water partition coefficient (Wildman–Crippen LogP) is 0.874. The average molecular weight is 268 g/mol. The lowest BCUT2D eigenvalue weighted by atomic mass is 10.2. The second kappa shape index (κ2) is 8.17. The van der Waals surface area contributed by atoms with Gasteiger partial charge in [-0.3, -0.25) is 10.1 Å². The van der Waals surface area contributed by atoms with Gasteiger partial charge in [-0.2, -0.15) is 0 Å². The highest BCUT2D eigenvalue weighted by Gasteiger charge is 2.05. The molecule has 7 nitrogen and oxygen atoms in total. The number of methoxy groups -OCH3 is 1. The van der Waals surface area contributed by atoms with Gasteiger partial charge in [-0.15, -0.1) is 0 Å². The summed E-state index contributed by atoms with van der Waals surface area (Å²) in [7, 11) is 1.42. The minimum Gasteiger partial charge on any atom is -0.463 e. The minimum atomic E-state index is -0.434. The highest BCUT2D eigenvalue weighted by atomic mass is 16.6. The van der Waals surface area contributed by atoms with Crippen LogP contribution in [0.1, 0.15) is 5.56 Å². The highest BCUT2D eigenvalue weighted by molar-refractivity contribution is 5.70. The molecule has 0 atom stereocenters. The molecule has 1 rings (SSSR count). The molecule has 0 heterocycles. The van der Waals surface area contributed by atoms with Crippen LogP contribution in [0.25, 0.3) is 0 Å². The van der Waals surface area contributed by atoms with E-state index in [1.165, 1.54) is 19.2 Å². The maximum atomic E-state index is 10.9. The molecule has 0 aliphatic rings. The predicted molar refractivity (Wildman–Crippen MR) is 67.6 cm³/mol. The SMILES string of the molecule is COCC(=O)OCCNCc1cccc([N+](=O)[O-])c1. The molecule has 104 valence electrons. The van der Waals surface area contributed by atoms with E-state index in [1.54, 1.807) is 12.1 Å². The lowest BCUT2D eigenvalue weighted by Gasteiger charge is -2.06. The first-order valence-corrected chi connectivity index (χ1v) is 5.72. The van der Waals surface area contributed by atoms with Crippen molar-refractivity contribution in [3.05, 3.63) is 39.9 Å². The van der Waals surface area contributed by atoms with Crippen LogP contribution in [0.2, 0.25) is 0 Å². The maximum absolute atomic E-state index is 10.9. The van der Waals surface area contributed by atoms with Gasteiger partial charge in [0.05, 0.1) is 4.92 Å². The summed E-state index contributed by atoms with van der Waals surface area (Å²) in [6.45, 7) is 1.11. The number of nitrogens with one attached hydrogen (secondary N) is 1. The van der Waals surface area contributed by atoms with Crippen LogP contribution in [-0.2, 0) is 20.8 Å². The molecule has 0 bridgehead atoms. The van der Waals surface area contributed by atoms with E-state index in [0.717, 1.165) is 5.56 Å². The van der Waals surface area contributed by atoms with E-state index in [2.05, 4.69) is 10.1 Å². The molecule has 0 unspecified atom stereocenters. The van der Waals surface area contributed by atoms with Crippen molar-refractivity contribution in [3.8, 4) is 0 Å². The number of nitro groups is 1. The van der Waals surface area contributed by atoms with Crippen molar-refractivity contribution in [2.75, 3.05) is 26.9 Å². The number of hydrogen-bond acceptors (Lipinski definition) is 6. The van der Waals surface area contributed by atoms with Crippen molar-refractivity contribution in [1.82, 2.24) is 5.32 Å². The Kier molecular flexibility index (Phi) is 6.48. The third-order valence-electron chi connectivity index (χ3n) is 2.25. The third-order valence-corrected chi connectivity index (χ3v) is 2.25. The average Bonchev–Trinajstić information content (AvgIpc) is 2.39. The molecule has 0 spiro atoms. The first-order chi connectivity index (χ1) is 9.13. The number of hydrogen-bond donors (Lipinski definition) is 1. The van der Waals surface area contributed by atoms with Crippen LogP contribution < -0.4 is 5.32 Å². The molecule has 0 fully saturated rings. The molecule has 19 heavy (non-hydrogen) atoms. The Bertz CT molecular complexity index is 436. The molecule has 7 heteroatoms. The number of rotatable bonds is 8. The molecule has 0 amide bonds. The summed E-state index contributed by atoms with van der Waals surface area (Å²) < 4.78 is 9.45. The van der Waals surface area contributed by atoms with E-state index in [-0.39, 0.29) is 18.9 Å². The first kappa shape index (κ1) is 15.1. The van der Waals surface area contributed by atoms with Gasteiger partial charge in [0.1, 0.15) is 13.2 Å². The Balaban J connectivity index is 2.24. The second-order valence-electron chi connectivity index (χ2n) is 3.76. The van der Waals surface area contributed by atoms with Crippen molar-refractivity contribution >= 4 is 11.7 Å². The van der Waals surface area contributed by atoms with Gasteiger partial charge in [-0.05, 0) is 5.56 Å². The largest absolute Gasteiger partial charge is 0.463 e. The molecular formula is C12H16N2O5. The quantitative estimate of drug-likeness (QED) is 0.325. The summed E-state index contributed by atoms with van der Waals surface area (Å²) in [6, 6.07) is 6.37. The van der Waals surface area contributed by atoms with Crippen LogP contribution in [0.4, 0.5) is 5.69 Å². The molecule has 1 N–H and O–H groups in total. The van der Waals surface area contributed by atoms with E-state index >= 15 is 0 Å². The highest BCUT2D eigenvalue weighted by Crippen LogP contribution is 2.12. The number of nitro benzene ring substituents is 1. The molecule has 0 aliphatic heterocycles. The molecule has 0 saturated carbocycles. The number of nitrogens with zero attached hydrogens (tertiary/aromatic N) is 1. The van der Waals surface area contributed by atoms with Crippen molar-refractivity contribution in [2.24, 2.45) is 0 Å². The zero-order valence-corrected chi connectivity index (χ0v) is 10.6. The Labute approximate surface area is 110 Å². The summed E-state index contributed by atoms with van der Waals surface area (Å²) in [4.78, 5) is 21.1. The van der Waals surface area contributed by atoms with Crippen molar-refractivity contribution in [3.63, 3.8) is 0 Å². The lowest BCUT2D eigenvalue weighted by Crippen LogP contribution is -2.22.